The first-order chi connectivity index (χ1) is 10.2. The Morgan fingerprint density at radius 3 is 3.14 bits per heavy atom. The number of nitrogens with zero attached hydrogens (tertiary/aromatic N) is 2. The summed E-state index contributed by atoms with van der Waals surface area (Å²) < 4.78 is 2.14. The fraction of sp³-hybridized carbons (Fsp3) is 0.733. The highest BCUT2D eigenvalue weighted by atomic mass is 35.5. The topological polar surface area (TPSA) is 59.0 Å². The number of carbonyl (C=O) groups is 1. The molecule has 0 spiro atoms. The number of thioether (sulfide) groups is 1. The predicted molar refractivity (Wildman–Crippen MR) is 93.0 cm³/mol. The van der Waals surface area contributed by atoms with E-state index in [1.165, 1.54) is 25.0 Å². The molecular weight excluding hydrogens is 320 g/mol. The Labute approximate surface area is 142 Å². The molecule has 2 atom stereocenters. The number of rotatable bonds is 4. The second-order valence-corrected chi connectivity index (χ2v) is 7.95. The first-order valence-electron chi connectivity index (χ1n) is 7.84. The molecule has 1 aromatic rings. The Morgan fingerprint density at radius 2 is 2.45 bits per heavy atom. The molecule has 0 radical (unpaired) electrons. The van der Waals surface area contributed by atoms with E-state index in [0.717, 1.165) is 26.1 Å². The Bertz CT molecular complexity index is 495. The van der Waals surface area contributed by atoms with Crippen LogP contribution in [0.3, 0.4) is 0 Å². The van der Waals surface area contributed by atoms with Crippen molar-refractivity contribution in [1.29, 1.82) is 0 Å². The van der Waals surface area contributed by atoms with Gasteiger partial charge in [-0.25, -0.2) is 0 Å². The van der Waals surface area contributed by atoms with Crippen molar-refractivity contribution >= 4 is 30.1 Å². The first-order valence-corrected chi connectivity index (χ1v) is 8.83. The van der Waals surface area contributed by atoms with Crippen molar-refractivity contribution in [2.75, 3.05) is 25.4 Å². The van der Waals surface area contributed by atoms with Gasteiger partial charge in [-0.2, -0.15) is 16.9 Å². The van der Waals surface area contributed by atoms with Crippen molar-refractivity contribution in [3.05, 3.63) is 18.0 Å². The van der Waals surface area contributed by atoms with Gasteiger partial charge in [-0.1, -0.05) is 0 Å². The lowest BCUT2D eigenvalue weighted by Crippen LogP contribution is -2.37. The number of carbonyl (C=O) groups excluding carboxylic acids is 1. The van der Waals surface area contributed by atoms with Crippen molar-refractivity contribution in [3.63, 3.8) is 0 Å². The summed E-state index contributed by atoms with van der Waals surface area (Å²) in [5, 5.41) is 10.9. The van der Waals surface area contributed by atoms with Crippen LogP contribution in [0.1, 0.15) is 49.1 Å². The van der Waals surface area contributed by atoms with Crippen molar-refractivity contribution in [2.45, 2.75) is 43.4 Å². The molecule has 1 aromatic heterocycles. The van der Waals surface area contributed by atoms with Crippen LogP contribution in [-0.4, -0.2) is 45.8 Å². The smallest absolute Gasteiger partial charge is 0.271 e. The molecule has 2 unspecified atom stereocenters. The normalized spacial score (nSPS) is 28.1. The highest BCUT2D eigenvalue weighted by molar-refractivity contribution is 8.00. The summed E-state index contributed by atoms with van der Waals surface area (Å²) >= 11 is 1.96. The predicted octanol–water partition coefficient (Wildman–Crippen LogP) is 2.24. The number of piperidine rings is 1. The van der Waals surface area contributed by atoms with Gasteiger partial charge in [-0.05, 0) is 51.0 Å². The summed E-state index contributed by atoms with van der Waals surface area (Å²) in [7, 11) is 0. The molecule has 2 aliphatic heterocycles. The van der Waals surface area contributed by atoms with Gasteiger partial charge >= 0.3 is 0 Å². The Balaban J connectivity index is 0.00000176. The third kappa shape index (κ3) is 4.18. The maximum absolute atomic E-state index is 12.2. The fourth-order valence-corrected chi connectivity index (χ4v) is 4.30. The SMILES string of the molecule is CC1(CNC(=O)c2ccn(C3CCCNC3)n2)CCCS1.Cl. The summed E-state index contributed by atoms with van der Waals surface area (Å²) in [5.74, 6) is 1.15. The molecule has 2 N–H and O–H groups in total. The van der Waals surface area contributed by atoms with E-state index in [9.17, 15) is 4.79 Å². The molecule has 22 heavy (non-hydrogen) atoms. The van der Waals surface area contributed by atoms with Gasteiger partial charge in [-0.15, -0.1) is 12.4 Å². The average molecular weight is 345 g/mol. The van der Waals surface area contributed by atoms with Gasteiger partial charge in [0.1, 0.15) is 5.69 Å². The third-order valence-electron chi connectivity index (χ3n) is 4.41. The largest absolute Gasteiger partial charge is 0.349 e. The van der Waals surface area contributed by atoms with E-state index in [2.05, 4.69) is 22.7 Å². The molecule has 0 bridgehead atoms. The summed E-state index contributed by atoms with van der Waals surface area (Å²) in [6.45, 7) is 4.99. The van der Waals surface area contributed by atoms with Crippen LogP contribution in [0.15, 0.2) is 12.3 Å². The Morgan fingerprint density at radius 1 is 1.59 bits per heavy atom. The molecule has 2 fully saturated rings. The molecule has 7 heteroatoms. The van der Waals surface area contributed by atoms with Crippen LogP contribution in [-0.2, 0) is 0 Å². The van der Waals surface area contributed by atoms with E-state index >= 15 is 0 Å². The minimum absolute atomic E-state index is 0. The quantitative estimate of drug-likeness (QED) is 0.879. The monoisotopic (exact) mass is 344 g/mol. The highest BCUT2D eigenvalue weighted by Gasteiger charge is 2.30. The van der Waals surface area contributed by atoms with Gasteiger partial charge in [0.15, 0.2) is 0 Å². The van der Waals surface area contributed by atoms with Gasteiger partial charge in [0.2, 0.25) is 0 Å². The van der Waals surface area contributed by atoms with E-state index < -0.39 is 0 Å². The van der Waals surface area contributed by atoms with Crippen LogP contribution < -0.4 is 10.6 Å². The van der Waals surface area contributed by atoms with Gasteiger partial charge in [0, 0.05) is 24.0 Å². The summed E-state index contributed by atoms with van der Waals surface area (Å²) in [4.78, 5) is 12.2. The number of hydrogen-bond acceptors (Lipinski definition) is 4. The number of halogens is 1. The molecule has 0 saturated carbocycles. The molecule has 0 aromatic carbocycles. The van der Waals surface area contributed by atoms with Crippen LogP contribution in [0.2, 0.25) is 0 Å². The Hall–Kier alpha value is -0.720. The lowest BCUT2D eigenvalue weighted by Gasteiger charge is -2.23. The molecule has 3 rings (SSSR count). The second kappa shape index (κ2) is 7.70. The van der Waals surface area contributed by atoms with Gasteiger partial charge in [-0.3, -0.25) is 9.48 Å². The van der Waals surface area contributed by atoms with Crippen LogP contribution in [0.5, 0.6) is 0 Å². The van der Waals surface area contributed by atoms with Gasteiger partial charge in [0.25, 0.3) is 5.91 Å². The molecule has 124 valence electrons. The lowest BCUT2D eigenvalue weighted by molar-refractivity contribution is 0.0943. The van der Waals surface area contributed by atoms with Gasteiger partial charge < -0.3 is 10.6 Å². The van der Waals surface area contributed by atoms with Crippen molar-refractivity contribution in [2.24, 2.45) is 0 Å². The maximum Gasteiger partial charge on any atom is 0.271 e. The van der Waals surface area contributed by atoms with E-state index in [4.69, 9.17) is 0 Å². The maximum atomic E-state index is 12.2. The zero-order valence-corrected chi connectivity index (χ0v) is 14.6. The van der Waals surface area contributed by atoms with Crippen LogP contribution in [0, 0.1) is 0 Å². The minimum atomic E-state index is -0.0498. The zero-order chi connectivity index (χ0) is 14.7. The Kier molecular flexibility index (Phi) is 6.17. The zero-order valence-electron chi connectivity index (χ0n) is 13.0. The van der Waals surface area contributed by atoms with E-state index in [1.54, 1.807) is 0 Å². The fourth-order valence-electron chi connectivity index (χ4n) is 3.06. The van der Waals surface area contributed by atoms with Crippen LogP contribution in [0.25, 0.3) is 0 Å². The molecule has 2 saturated heterocycles. The van der Waals surface area contributed by atoms with Crippen molar-refractivity contribution in [1.82, 2.24) is 20.4 Å². The molecule has 1 amide bonds. The van der Waals surface area contributed by atoms with E-state index in [0.29, 0.717) is 11.7 Å². The second-order valence-electron chi connectivity index (χ2n) is 6.27. The minimum Gasteiger partial charge on any atom is -0.349 e. The average Bonchev–Trinajstić information content (AvgIpc) is 3.16. The molecule has 3 heterocycles. The van der Waals surface area contributed by atoms with Crippen LogP contribution >= 0.6 is 24.2 Å². The number of aromatic nitrogens is 2. The number of nitrogens with one attached hydrogen (secondary N) is 2. The molecule has 0 aliphatic carbocycles. The van der Waals surface area contributed by atoms with E-state index in [-0.39, 0.29) is 23.1 Å². The summed E-state index contributed by atoms with van der Waals surface area (Å²) in [6.07, 6.45) is 6.66. The number of hydrogen-bond donors (Lipinski definition) is 2. The van der Waals surface area contributed by atoms with Crippen molar-refractivity contribution in [3.8, 4) is 0 Å². The van der Waals surface area contributed by atoms with Crippen LogP contribution in [0.4, 0.5) is 0 Å². The first kappa shape index (κ1) is 17.6. The third-order valence-corrected chi connectivity index (χ3v) is 5.95. The summed E-state index contributed by atoms with van der Waals surface area (Å²) in [5.41, 5.74) is 0.534. The molecule has 5 nitrogen and oxygen atoms in total. The standard InChI is InChI=1S/C15H24N4OS.ClH/c1-15(6-3-9-21-15)11-17-14(20)13-5-8-19(18-13)12-4-2-7-16-10-12;/h5,8,12,16H,2-4,6-7,9-11H2,1H3,(H,17,20);1H. The number of amides is 1. The van der Waals surface area contributed by atoms with Gasteiger partial charge in [0.05, 0.1) is 6.04 Å². The molecule has 2 aliphatic rings. The summed E-state index contributed by atoms with van der Waals surface area (Å²) in [6, 6.07) is 2.21. The lowest BCUT2D eigenvalue weighted by atomic mass is 10.1. The van der Waals surface area contributed by atoms with E-state index in [1.807, 2.05) is 28.7 Å². The van der Waals surface area contributed by atoms with Crippen molar-refractivity contribution < 1.29 is 4.79 Å². The molecular formula is C15H25ClN4OS. The highest BCUT2D eigenvalue weighted by Crippen LogP contribution is 2.36.